The van der Waals surface area contributed by atoms with Crippen molar-refractivity contribution in [1.29, 1.82) is 0 Å². The topological polar surface area (TPSA) is 32.3 Å². The third kappa shape index (κ3) is 2.34. The molecule has 19 heavy (non-hydrogen) atoms. The molecular weight excluding hydrogens is 236 g/mol. The number of carbonyl (C=O) groups excluding carboxylic acids is 1. The zero-order valence-corrected chi connectivity index (χ0v) is 12.8. The molecule has 1 fully saturated rings. The molecule has 3 heteroatoms. The quantitative estimate of drug-likeness (QED) is 0.842. The van der Waals surface area contributed by atoms with Crippen LogP contribution in [0.2, 0.25) is 0 Å². The van der Waals surface area contributed by atoms with Crippen LogP contribution in [0.5, 0.6) is 0 Å². The molecule has 0 bridgehead atoms. The molecule has 1 aliphatic rings. The third-order valence-corrected chi connectivity index (χ3v) is 3.95. The van der Waals surface area contributed by atoms with Gasteiger partial charge in [-0.15, -0.1) is 0 Å². The summed E-state index contributed by atoms with van der Waals surface area (Å²) in [7, 11) is 0. The van der Waals surface area contributed by atoms with E-state index >= 15 is 0 Å². The van der Waals surface area contributed by atoms with Crippen molar-refractivity contribution in [2.24, 2.45) is 0 Å². The van der Waals surface area contributed by atoms with E-state index in [1.54, 1.807) is 0 Å². The van der Waals surface area contributed by atoms with Crippen molar-refractivity contribution in [3.63, 3.8) is 0 Å². The average Bonchev–Trinajstić information content (AvgIpc) is 2.24. The predicted molar refractivity (Wildman–Crippen MR) is 79.6 cm³/mol. The van der Waals surface area contributed by atoms with Crippen molar-refractivity contribution in [2.75, 3.05) is 11.4 Å². The first kappa shape index (κ1) is 13.9. The molecule has 0 aliphatic carbocycles. The number of piperazine rings is 1. The molecule has 1 N–H and O–H groups in total. The molecule has 1 heterocycles. The molecule has 1 aromatic rings. The highest BCUT2D eigenvalue weighted by molar-refractivity contribution is 5.91. The third-order valence-electron chi connectivity index (χ3n) is 3.95. The van der Waals surface area contributed by atoms with Gasteiger partial charge in [0.15, 0.2) is 0 Å². The van der Waals surface area contributed by atoms with Crippen LogP contribution in [0.1, 0.15) is 38.8 Å². The van der Waals surface area contributed by atoms with E-state index < -0.39 is 5.54 Å². The van der Waals surface area contributed by atoms with Gasteiger partial charge in [0.2, 0.25) is 5.91 Å². The van der Waals surface area contributed by atoms with Gasteiger partial charge in [-0.3, -0.25) is 4.79 Å². The maximum atomic E-state index is 12.4. The van der Waals surface area contributed by atoms with Gasteiger partial charge < -0.3 is 10.2 Å². The van der Waals surface area contributed by atoms with E-state index in [1.807, 2.05) is 13.8 Å². The zero-order chi connectivity index (χ0) is 14.4. The first-order valence-electron chi connectivity index (χ1n) is 6.82. The molecule has 0 radical (unpaired) electrons. The average molecular weight is 260 g/mol. The Hall–Kier alpha value is -1.51. The van der Waals surface area contributed by atoms with Crippen LogP contribution in [0.4, 0.5) is 5.69 Å². The molecule has 0 atom stereocenters. The summed E-state index contributed by atoms with van der Waals surface area (Å²) in [5.74, 6) is 0.0893. The molecule has 0 aromatic heterocycles. The van der Waals surface area contributed by atoms with Crippen LogP contribution < -0.4 is 10.2 Å². The number of para-hydroxylation sites is 1. The fourth-order valence-corrected chi connectivity index (χ4v) is 2.81. The van der Waals surface area contributed by atoms with Crippen LogP contribution in [-0.4, -0.2) is 23.5 Å². The van der Waals surface area contributed by atoms with Crippen LogP contribution in [0, 0.1) is 13.8 Å². The number of hydrogen-bond donors (Lipinski definition) is 1. The fourth-order valence-electron chi connectivity index (χ4n) is 2.81. The SMILES string of the molecule is Cc1cccc(C)c1N1CC(C)(C)NC(=O)C1(C)C. The smallest absolute Gasteiger partial charge is 0.245 e. The highest BCUT2D eigenvalue weighted by atomic mass is 16.2. The highest BCUT2D eigenvalue weighted by Crippen LogP contribution is 2.34. The molecular formula is C16H24N2O. The molecule has 0 saturated carbocycles. The van der Waals surface area contributed by atoms with Crippen LogP contribution in [0.3, 0.4) is 0 Å². The lowest BCUT2D eigenvalue weighted by Crippen LogP contribution is -2.69. The van der Waals surface area contributed by atoms with Gasteiger partial charge in [-0.25, -0.2) is 0 Å². The Labute approximate surface area is 116 Å². The summed E-state index contributed by atoms with van der Waals surface area (Å²) >= 11 is 0. The van der Waals surface area contributed by atoms with E-state index in [2.05, 4.69) is 56.1 Å². The van der Waals surface area contributed by atoms with Crippen molar-refractivity contribution >= 4 is 11.6 Å². The van der Waals surface area contributed by atoms with Crippen LogP contribution in [0.15, 0.2) is 18.2 Å². The number of carbonyl (C=O) groups is 1. The molecule has 1 saturated heterocycles. The van der Waals surface area contributed by atoms with Crippen LogP contribution >= 0.6 is 0 Å². The van der Waals surface area contributed by atoms with E-state index in [1.165, 1.54) is 16.8 Å². The lowest BCUT2D eigenvalue weighted by molar-refractivity contribution is -0.128. The Morgan fingerprint density at radius 3 is 2.16 bits per heavy atom. The Kier molecular flexibility index (Phi) is 3.12. The highest BCUT2D eigenvalue weighted by Gasteiger charge is 2.45. The first-order valence-corrected chi connectivity index (χ1v) is 6.82. The Bertz CT molecular complexity index is 497. The normalized spacial score (nSPS) is 21.2. The van der Waals surface area contributed by atoms with Crippen molar-refractivity contribution in [1.82, 2.24) is 5.32 Å². The maximum Gasteiger partial charge on any atom is 0.245 e. The van der Waals surface area contributed by atoms with E-state index in [4.69, 9.17) is 0 Å². The molecule has 1 amide bonds. The van der Waals surface area contributed by atoms with Gasteiger partial charge in [0, 0.05) is 12.2 Å². The molecule has 1 aromatic carbocycles. The van der Waals surface area contributed by atoms with Crippen molar-refractivity contribution in [3.8, 4) is 0 Å². The Morgan fingerprint density at radius 2 is 1.63 bits per heavy atom. The monoisotopic (exact) mass is 260 g/mol. The summed E-state index contributed by atoms with van der Waals surface area (Å²) in [6.45, 7) is 13.2. The van der Waals surface area contributed by atoms with Gasteiger partial charge in [-0.2, -0.15) is 0 Å². The summed E-state index contributed by atoms with van der Waals surface area (Å²) < 4.78 is 0. The second-order valence-corrected chi connectivity index (χ2v) is 6.72. The molecule has 2 rings (SSSR count). The van der Waals surface area contributed by atoms with Gasteiger partial charge in [-0.1, -0.05) is 18.2 Å². The van der Waals surface area contributed by atoms with Gasteiger partial charge in [0.25, 0.3) is 0 Å². The van der Waals surface area contributed by atoms with Crippen LogP contribution in [0.25, 0.3) is 0 Å². The van der Waals surface area contributed by atoms with E-state index in [0.717, 1.165) is 6.54 Å². The zero-order valence-electron chi connectivity index (χ0n) is 12.8. The molecule has 3 nitrogen and oxygen atoms in total. The molecule has 0 spiro atoms. The summed E-state index contributed by atoms with van der Waals surface area (Å²) in [4.78, 5) is 14.6. The summed E-state index contributed by atoms with van der Waals surface area (Å²) in [6.07, 6.45) is 0. The molecule has 1 aliphatic heterocycles. The summed E-state index contributed by atoms with van der Waals surface area (Å²) in [6, 6.07) is 6.28. The van der Waals surface area contributed by atoms with E-state index in [0.29, 0.717) is 0 Å². The Morgan fingerprint density at radius 1 is 1.11 bits per heavy atom. The number of aryl methyl sites for hydroxylation is 2. The van der Waals surface area contributed by atoms with Gasteiger partial charge in [0.1, 0.15) is 5.54 Å². The van der Waals surface area contributed by atoms with Crippen LogP contribution in [-0.2, 0) is 4.79 Å². The number of hydrogen-bond acceptors (Lipinski definition) is 2. The molecule has 104 valence electrons. The number of anilines is 1. The minimum absolute atomic E-state index is 0.0893. The van der Waals surface area contributed by atoms with Gasteiger partial charge in [-0.05, 0) is 52.7 Å². The summed E-state index contributed by atoms with van der Waals surface area (Å²) in [5, 5.41) is 3.10. The molecule has 0 unspecified atom stereocenters. The number of rotatable bonds is 1. The number of benzene rings is 1. The van der Waals surface area contributed by atoms with E-state index in [-0.39, 0.29) is 11.4 Å². The summed E-state index contributed by atoms with van der Waals surface area (Å²) in [5.41, 5.74) is 2.90. The van der Waals surface area contributed by atoms with E-state index in [9.17, 15) is 4.79 Å². The van der Waals surface area contributed by atoms with Gasteiger partial charge >= 0.3 is 0 Å². The number of nitrogens with zero attached hydrogens (tertiary/aromatic N) is 1. The lowest BCUT2D eigenvalue weighted by atomic mass is 9.88. The standard InChI is InChI=1S/C16H24N2O/c1-11-8-7-9-12(2)13(11)18-10-15(3,4)17-14(19)16(18,5)6/h7-9H,10H2,1-6H3,(H,17,19). The fraction of sp³-hybridized carbons (Fsp3) is 0.562. The van der Waals surface area contributed by atoms with Crippen molar-refractivity contribution < 1.29 is 4.79 Å². The number of nitrogens with one attached hydrogen (secondary N) is 1. The maximum absolute atomic E-state index is 12.4. The van der Waals surface area contributed by atoms with Gasteiger partial charge in [0.05, 0.1) is 5.54 Å². The minimum atomic E-state index is -0.521. The van der Waals surface area contributed by atoms with Crippen molar-refractivity contribution in [3.05, 3.63) is 29.3 Å². The largest absolute Gasteiger partial charge is 0.355 e. The minimum Gasteiger partial charge on any atom is -0.355 e. The first-order chi connectivity index (χ1) is 8.65. The number of amides is 1. The second kappa shape index (κ2) is 4.26. The lowest BCUT2D eigenvalue weighted by Gasteiger charge is -2.50. The predicted octanol–water partition coefficient (Wildman–Crippen LogP) is 2.80. The second-order valence-electron chi connectivity index (χ2n) is 6.72. The van der Waals surface area contributed by atoms with Crippen molar-refractivity contribution in [2.45, 2.75) is 52.6 Å². The Balaban J connectivity index is 2.55.